The van der Waals surface area contributed by atoms with Crippen molar-refractivity contribution in [1.29, 1.82) is 0 Å². The second kappa shape index (κ2) is 9.17. The molecule has 3 heteroatoms. The lowest BCUT2D eigenvalue weighted by atomic mass is 10.2. The third-order valence-electron chi connectivity index (χ3n) is 0.899. The number of nitrogens with two attached hydrogens (primary N) is 2. The molecule has 0 unspecified atom stereocenters. The Morgan fingerprint density at radius 3 is 1.91 bits per heavy atom. The molecule has 0 saturated carbocycles. The topological polar surface area (TPSA) is 69.1 Å². The van der Waals surface area contributed by atoms with Crippen molar-refractivity contribution in [1.82, 2.24) is 0 Å². The Morgan fingerprint density at radius 1 is 1.45 bits per heavy atom. The van der Waals surface area contributed by atoms with Crippen molar-refractivity contribution in [3.8, 4) is 0 Å². The molecule has 66 valence electrons. The highest BCUT2D eigenvalue weighted by atomic mass is 16.1. The molecule has 0 aromatic rings. The minimum atomic E-state index is -0.327. The van der Waals surface area contributed by atoms with Crippen LogP contribution in [0.2, 0.25) is 0 Å². The Bertz CT molecular complexity index is 130. The van der Waals surface area contributed by atoms with E-state index in [0.717, 1.165) is 13.0 Å². The summed E-state index contributed by atoms with van der Waals surface area (Å²) in [6, 6.07) is 0. The fraction of sp³-hybridized carbons (Fsp3) is 0.625. The first-order valence-electron chi connectivity index (χ1n) is 3.76. The Balaban J connectivity index is 0. The van der Waals surface area contributed by atoms with Gasteiger partial charge < -0.3 is 11.5 Å². The van der Waals surface area contributed by atoms with E-state index in [-0.39, 0.29) is 5.91 Å². The highest BCUT2D eigenvalue weighted by Crippen LogP contribution is 1.91. The van der Waals surface area contributed by atoms with E-state index in [1.807, 2.05) is 19.9 Å². The molecule has 4 N–H and O–H groups in total. The maximum Gasteiger partial charge on any atom is 0.244 e. The fourth-order valence-electron chi connectivity index (χ4n) is 0.407. The minimum Gasteiger partial charge on any atom is -0.366 e. The molecule has 0 bridgehead atoms. The molecule has 0 aliphatic carbocycles. The molecule has 0 rings (SSSR count). The predicted octanol–water partition coefficient (Wildman–Crippen LogP) is 0.793. The van der Waals surface area contributed by atoms with Crippen molar-refractivity contribution in [3.63, 3.8) is 0 Å². The summed E-state index contributed by atoms with van der Waals surface area (Å²) in [5.41, 5.74) is 10.4. The van der Waals surface area contributed by atoms with E-state index in [2.05, 4.69) is 0 Å². The highest BCUT2D eigenvalue weighted by molar-refractivity contribution is 5.91. The Labute approximate surface area is 68.5 Å². The lowest BCUT2D eigenvalue weighted by Crippen LogP contribution is -2.11. The molecule has 0 aliphatic rings. The van der Waals surface area contributed by atoms with E-state index in [1.165, 1.54) is 0 Å². The van der Waals surface area contributed by atoms with Gasteiger partial charge in [-0.3, -0.25) is 4.79 Å². The molecular weight excluding hydrogens is 140 g/mol. The van der Waals surface area contributed by atoms with Gasteiger partial charge in [0.15, 0.2) is 0 Å². The Kier molecular flexibility index (Phi) is 10.7. The number of hydrogen-bond donors (Lipinski definition) is 2. The van der Waals surface area contributed by atoms with Crippen molar-refractivity contribution in [2.24, 2.45) is 11.5 Å². The molecule has 1 amide bonds. The first-order chi connectivity index (χ1) is 5.09. The average molecular weight is 158 g/mol. The van der Waals surface area contributed by atoms with Crippen LogP contribution in [0.25, 0.3) is 0 Å². The smallest absolute Gasteiger partial charge is 0.244 e. The molecule has 3 nitrogen and oxygen atoms in total. The summed E-state index contributed by atoms with van der Waals surface area (Å²) in [6.07, 6.45) is 2.68. The Morgan fingerprint density at radius 2 is 1.82 bits per heavy atom. The van der Waals surface area contributed by atoms with Crippen LogP contribution in [0.3, 0.4) is 0 Å². The number of carbonyl (C=O) groups is 1. The van der Waals surface area contributed by atoms with Crippen LogP contribution in [0.1, 0.15) is 27.2 Å². The van der Waals surface area contributed by atoms with Crippen molar-refractivity contribution < 1.29 is 4.79 Å². The van der Waals surface area contributed by atoms with Gasteiger partial charge in [0.2, 0.25) is 5.91 Å². The summed E-state index contributed by atoms with van der Waals surface area (Å²) >= 11 is 0. The van der Waals surface area contributed by atoms with E-state index in [9.17, 15) is 4.79 Å². The van der Waals surface area contributed by atoms with E-state index in [4.69, 9.17) is 11.5 Å². The lowest BCUT2D eigenvalue weighted by Gasteiger charge is -1.88. The van der Waals surface area contributed by atoms with Crippen LogP contribution < -0.4 is 11.5 Å². The Hall–Kier alpha value is -0.830. The molecule has 0 radical (unpaired) electrons. The van der Waals surface area contributed by atoms with Crippen LogP contribution in [-0.4, -0.2) is 12.5 Å². The summed E-state index contributed by atoms with van der Waals surface area (Å²) in [7, 11) is 0. The van der Waals surface area contributed by atoms with Crippen LogP contribution >= 0.6 is 0 Å². The molecule has 0 aromatic carbocycles. The van der Waals surface area contributed by atoms with Crippen molar-refractivity contribution in [2.45, 2.75) is 27.2 Å². The maximum atomic E-state index is 10.2. The molecule has 11 heavy (non-hydrogen) atoms. The zero-order valence-electron chi connectivity index (χ0n) is 7.55. The molecule has 0 aliphatic heterocycles. The van der Waals surface area contributed by atoms with Crippen LogP contribution in [0, 0.1) is 0 Å². The zero-order chi connectivity index (χ0) is 9.28. The standard InChI is InChI=1S/C6H11NO.C2H7N/c1-3-4-5(2)6(7)8;1-2-3/h4H,3H2,1-2H3,(H2,7,8);2-3H2,1H3. The second-order valence-corrected chi connectivity index (χ2v) is 2.07. The van der Waals surface area contributed by atoms with Gasteiger partial charge in [0.05, 0.1) is 0 Å². The van der Waals surface area contributed by atoms with Crippen LogP contribution in [-0.2, 0) is 4.79 Å². The van der Waals surface area contributed by atoms with Crippen LogP contribution in [0.5, 0.6) is 0 Å². The van der Waals surface area contributed by atoms with Crippen molar-refractivity contribution in [2.75, 3.05) is 6.54 Å². The first kappa shape index (κ1) is 12.8. The van der Waals surface area contributed by atoms with E-state index < -0.39 is 0 Å². The SMILES string of the molecule is CCC=C(C)C(N)=O.CCN. The van der Waals surface area contributed by atoms with Gasteiger partial charge >= 0.3 is 0 Å². The monoisotopic (exact) mass is 158 g/mol. The van der Waals surface area contributed by atoms with Gasteiger partial charge in [-0.25, -0.2) is 0 Å². The summed E-state index contributed by atoms with van der Waals surface area (Å²) in [5.74, 6) is -0.327. The first-order valence-corrected chi connectivity index (χ1v) is 3.76. The molecule has 0 fully saturated rings. The van der Waals surface area contributed by atoms with Gasteiger partial charge in [-0.1, -0.05) is 19.9 Å². The van der Waals surface area contributed by atoms with Gasteiger partial charge in [0.25, 0.3) is 0 Å². The van der Waals surface area contributed by atoms with Gasteiger partial charge in [-0.2, -0.15) is 0 Å². The second-order valence-electron chi connectivity index (χ2n) is 2.07. The molecule has 0 atom stereocenters. The van der Waals surface area contributed by atoms with E-state index in [1.54, 1.807) is 6.92 Å². The van der Waals surface area contributed by atoms with Crippen LogP contribution in [0.4, 0.5) is 0 Å². The summed E-state index contributed by atoms with van der Waals surface area (Å²) < 4.78 is 0. The quantitative estimate of drug-likeness (QED) is 0.583. The van der Waals surface area contributed by atoms with Crippen molar-refractivity contribution >= 4 is 5.91 Å². The number of amides is 1. The summed E-state index contributed by atoms with van der Waals surface area (Å²) in [4.78, 5) is 10.2. The lowest BCUT2D eigenvalue weighted by molar-refractivity contribution is -0.114. The molecule has 0 spiro atoms. The van der Waals surface area contributed by atoms with Gasteiger partial charge in [-0.05, 0) is 19.9 Å². The van der Waals surface area contributed by atoms with E-state index in [0.29, 0.717) is 5.57 Å². The fourth-order valence-corrected chi connectivity index (χ4v) is 0.407. The maximum absolute atomic E-state index is 10.2. The van der Waals surface area contributed by atoms with Crippen LogP contribution in [0.15, 0.2) is 11.6 Å². The number of carbonyl (C=O) groups excluding carboxylic acids is 1. The normalized spacial score (nSPS) is 10.0. The third-order valence-corrected chi connectivity index (χ3v) is 0.899. The summed E-state index contributed by atoms with van der Waals surface area (Å²) in [5, 5.41) is 0. The number of allylic oxidation sites excluding steroid dienone is 1. The molecule has 0 saturated heterocycles. The third kappa shape index (κ3) is 12.4. The number of hydrogen-bond acceptors (Lipinski definition) is 2. The highest BCUT2D eigenvalue weighted by Gasteiger charge is 1.91. The largest absolute Gasteiger partial charge is 0.366 e. The predicted molar refractivity (Wildman–Crippen MR) is 48.0 cm³/mol. The van der Waals surface area contributed by atoms with Gasteiger partial charge in [0.1, 0.15) is 0 Å². The number of primary amides is 1. The average Bonchev–Trinajstić information content (AvgIpc) is 1.90. The minimum absolute atomic E-state index is 0.327. The summed E-state index contributed by atoms with van der Waals surface area (Å²) in [6.45, 7) is 6.33. The number of rotatable bonds is 2. The molecule has 0 aromatic heterocycles. The van der Waals surface area contributed by atoms with Gasteiger partial charge in [-0.15, -0.1) is 0 Å². The van der Waals surface area contributed by atoms with Crippen molar-refractivity contribution in [3.05, 3.63) is 11.6 Å². The molecule has 0 heterocycles. The zero-order valence-corrected chi connectivity index (χ0v) is 7.55. The van der Waals surface area contributed by atoms with E-state index >= 15 is 0 Å². The van der Waals surface area contributed by atoms with Gasteiger partial charge in [0, 0.05) is 5.57 Å². The molecular formula is C8H18N2O.